The lowest BCUT2D eigenvalue weighted by molar-refractivity contribution is 0.387. The fraction of sp³-hybridized carbons (Fsp3) is 1.00. The molecule has 0 saturated carbocycles. The molecule has 0 bridgehead atoms. The van der Waals surface area contributed by atoms with Gasteiger partial charge in [0.15, 0.2) is 0 Å². The topological polar surface area (TPSA) is 37.6 Å². The lowest BCUT2D eigenvalue weighted by Gasteiger charge is -2.03. The van der Waals surface area contributed by atoms with Crippen LogP contribution in [0, 0.1) is 0 Å². The van der Waals surface area contributed by atoms with Crippen LogP contribution in [0.25, 0.3) is 0 Å². The third kappa shape index (κ3) is 44.2. The van der Waals surface area contributed by atoms with Crippen LogP contribution in [-0.2, 0) is 14.2 Å². The van der Waals surface area contributed by atoms with Gasteiger partial charge in [-0.3, -0.25) is 0 Å². The summed E-state index contributed by atoms with van der Waals surface area (Å²) in [6.07, 6.45) is 57.9. The first-order valence-corrected chi connectivity index (χ1v) is 24.1. The zero-order valence-electron chi connectivity index (χ0n) is 35.7. The molecule has 3 unspecified atom stereocenters. The van der Waals surface area contributed by atoms with Crippen molar-refractivity contribution in [3.8, 4) is 0 Å². The maximum Gasteiger partial charge on any atom is 0.0810 e. The van der Waals surface area contributed by atoms with Crippen LogP contribution in [-0.4, -0.2) is 38.1 Å². The third-order valence-electron chi connectivity index (χ3n) is 11.3. The van der Waals surface area contributed by atoms with Crippen LogP contribution >= 0.6 is 0 Å². The molecule has 306 valence electrons. The molecule has 0 aliphatic carbocycles. The average Bonchev–Trinajstić information content (AvgIpc) is 3.99. The molecule has 0 aromatic carbocycles. The molecule has 0 aromatic rings. The number of hydrogen-bond acceptors (Lipinski definition) is 3. The molecule has 3 atom stereocenters. The lowest BCUT2D eigenvalue weighted by Crippen LogP contribution is -1.86. The second-order valence-electron chi connectivity index (χ2n) is 16.9. The van der Waals surface area contributed by atoms with E-state index in [4.69, 9.17) is 14.2 Å². The van der Waals surface area contributed by atoms with Gasteiger partial charge in [0.25, 0.3) is 0 Å². The first-order valence-electron chi connectivity index (χ1n) is 24.1. The van der Waals surface area contributed by atoms with Crippen LogP contribution in [0.2, 0.25) is 0 Å². The number of hydrogen-bond donors (Lipinski definition) is 0. The van der Waals surface area contributed by atoms with Crippen molar-refractivity contribution in [3.05, 3.63) is 0 Å². The highest BCUT2D eigenvalue weighted by atomic mass is 16.6. The fourth-order valence-corrected chi connectivity index (χ4v) is 7.34. The Bertz CT molecular complexity index is 626. The van der Waals surface area contributed by atoms with Gasteiger partial charge in [0, 0.05) is 0 Å². The van der Waals surface area contributed by atoms with Gasteiger partial charge in [0.05, 0.1) is 38.1 Å². The Labute approximate surface area is 322 Å². The first kappa shape index (κ1) is 48.9. The summed E-state index contributed by atoms with van der Waals surface area (Å²) in [5, 5.41) is 0. The highest BCUT2D eigenvalue weighted by molar-refractivity contribution is 4.69. The molecule has 3 aliphatic rings. The minimum atomic E-state index is 0.650. The molecule has 0 spiro atoms. The van der Waals surface area contributed by atoms with Gasteiger partial charge in [0.1, 0.15) is 0 Å². The van der Waals surface area contributed by atoms with E-state index in [9.17, 15) is 0 Å². The second kappa shape index (κ2) is 41.1. The number of rotatable bonds is 39. The van der Waals surface area contributed by atoms with E-state index in [2.05, 4.69) is 20.8 Å². The minimum absolute atomic E-state index is 0.650. The fourth-order valence-electron chi connectivity index (χ4n) is 7.34. The normalized spacial score (nSPS) is 18.5. The van der Waals surface area contributed by atoms with Crippen molar-refractivity contribution < 1.29 is 14.2 Å². The molecule has 0 N–H and O–H groups in total. The summed E-state index contributed by atoms with van der Waals surface area (Å²) >= 11 is 0. The zero-order chi connectivity index (χ0) is 36.6. The first-order chi connectivity index (χ1) is 25.3. The SMILES string of the molecule is CCCCCCCCCCCCC1CO1.CCCCCCCCCCCCCCC1CO1.CCCCCCCCCCCCCCCCC1CO1. The summed E-state index contributed by atoms with van der Waals surface area (Å²) < 4.78 is 15.6. The quantitative estimate of drug-likeness (QED) is 0.0469. The summed E-state index contributed by atoms with van der Waals surface area (Å²) in [5.41, 5.74) is 0. The van der Waals surface area contributed by atoms with Crippen LogP contribution < -0.4 is 0 Å². The molecule has 3 heteroatoms. The predicted octanol–water partition coefficient (Wildman–Crippen LogP) is 16.4. The summed E-state index contributed by atoms with van der Waals surface area (Å²) in [7, 11) is 0. The molecule has 3 aliphatic heterocycles. The highest BCUT2D eigenvalue weighted by Gasteiger charge is 2.22. The van der Waals surface area contributed by atoms with Crippen LogP contribution in [0.5, 0.6) is 0 Å². The monoisotopic (exact) mass is 721 g/mol. The number of ether oxygens (including phenoxy) is 3. The van der Waals surface area contributed by atoms with Crippen molar-refractivity contribution in [1.29, 1.82) is 0 Å². The third-order valence-corrected chi connectivity index (χ3v) is 11.3. The molecule has 3 nitrogen and oxygen atoms in total. The summed E-state index contributed by atoms with van der Waals surface area (Å²) in [5.74, 6) is 0. The summed E-state index contributed by atoms with van der Waals surface area (Å²) in [6, 6.07) is 0. The predicted molar refractivity (Wildman–Crippen MR) is 226 cm³/mol. The maximum absolute atomic E-state index is 5.22. The van der Waals surface area contributed by atoms with Crippen molar-refractivity contribution in [1.82, 2.24) is 0 Å². The highest BCUT2D eigenvalue weighted by Crippen LogP contribution is 2.21. The Balaban J connectivity index is 0.000000385. The molecule has 3 rings (SSSR count). The molecule has 3 saturated heterocycles. The van der Waals surface area contributed by atoms with Gasteiger partial charge in [-0.15, -0.1) is 0 Å². The van der Waals surface area contributed by atoms with E-state index >= 15 is 0 Å². The van der Waals surface area contributed by atoms with Gasteiger partial charge in [-0.2, -0.15) is 0 Å². The van der Waals surface area contributed by atoms with Gasteiger partial charge in [-0.05, 0) is 19.3 Å². The molecule has 0 amide bonds. The van der Waals surface area contributed by atoms with Crippen LogP contribution in [0.1, 0.15) is 271 Å². The van der Waals surface area contributed by atoms with Crippen LogP contribution in [0.4, 0.5) is 0 Å². The van der Waals surface area contributed by atoms with Crippen molar-refractivity contribution in [2.45, 2.75) is 289 Å². The van der Waals surface area contributed by atoms with E-state index in [1.807, 2.05) is 0 Å². The van der Waals surface area contributed by atoms with Crippen LogP contribution in [0.3, 0.4) is 0 Å². The molecule has 51 heavy (non-hydrogen) atoms. The van der Waals surface area contributed by atoms with Gasteiger partial charge in [-0.1, -0.05) is 252 Å². The molecule has 0 radical (unpaired) electrons. The summed E-state index contributed by atoms with van der Waals surface area (Å²) in [4.78, 5) is 0. The zero-order valence-corrected chi connectivity index (χ0v) is 35.7. The Morgan fingerprint density at radius 1 is 0.235 bits per heavy atom. The van der Waals surface area contributed by atoms with E-state index < -0.39 is 0 Å². The molecule has 3 heterocycles. The largest absolute Gasteiger partial charge is 0.373 e. The molecular formula is C48H96O3. The van der Waals surface area contributed by atoms with E-state index in [1.54, 1.807) is 0 Å². The molecule has 0 aromatic heterocycles. The van der Waals surface area contributed by atoms with Crippen molar-refractivity contribution >= 4 is 0 Å². The van der Waals surface area contributed by atoms with Gasteiger partial charge in [-0.25, -0.2) is 0 Å². The van der Waals surface area contributed by atoms with Gasteiger partial charge < -0.3 is 14.2 Å². The smallest absolute Gasteiger partial charge is 0.0810 e. The Morgan fingerprint density at radius 2 is 0.373 bits per heavy atom. The molecular weight excluding hydrogens is 625 g/mol. The minimum Gasteiger partial charge on any atom is -0.373 e. The van der Waals surface area contributed by atoms with Gasteiger partial charge >= 0.3 is 0 Å². The number of unbranched alkanes of at least 4 members (excludes halogenated alkanes) is 33. The Morgan fingerprint density at radius 3 is 0.510 bits per heavy atom. The van der Waals surface area contributed by atoms with E-state index in [-0.39, 0.29) is 0 Å². The van der Waals surface area contributed by atoms with Gasteiger partial charge in [0.2, 0.25) is 0 Å². The Hall–Kier alpha value is -0.120. The van der Waals surface area contributed by atoms with E-state index in [0.717, 1.165) is 19.8 Å². The van der Waals surface area contributed by atoms with Crippen molar-refractivity contribution in [2.24, 2.45) is 0 Å². The number of epoxide rings is 3. The van der Waals surface area contributed by atoms with Crippen molar-refractivity contribution in [2.75, 3.05) is 19.8 Å². The maximum atomic E-state index is 5.22. The lowest BCUT2D eigenvalue weighted by atomic mass is 10.0. The Kier molecular flexibility index (Phi) is 39.4. The standard InChI is InChI=1S/C18H36O.C16H32O.C14H28O/c1-2-3-4-5-6-7-8-9-10-11-12-13-14-15-16-18-17-19-18;1-2-3-4-5-6-7-8-9-10-11-12-13-14-16-15-17-16;1-2-3-4-5-6-7-8-9-10-11-12-14-13-15-14/h18H,2-17H2,1H3;16H,2-15H2,1H3;14H,2-13H2,1H3. The molecule has 3 fully saturated rings. The second-order valence-corrected chi connectivity index (χ2v) is 16.9. The van der Waals surface area contributed by atoms with E-state index in [0.29, 0.717) is 18.3 Å². The van der Waals surface area contributed by atoms with E-state index in [1.165, 1.54) is 250 Å². The summed E-state index contributed by atoms with van der Waals surface area (Å²) in [6.45, 7) is 9.98. The average molecular weight is 721 g/mol. The van der Waals surface area contributed by atoms with Crippen LogP contribution in [0.15, 0.2) is 0 Å². The van der Waals surface area contributed by atoms with Crippen molar-refractivity contribution in [3.63, 3.8) is 0 Å².